The van der Waals surface area contributed by atoms with Crippen LogP contribution in [0.15, 0.2) is 15.9 Å². The molecule has 0 aromatic carbocycles. The predicted molar refractivity (Wildman–Crippen MR) is 51.5 cm³/mol. The molecule has 0 spiro atoms. The van der Waals surface area contributed by atoms with Crippen LogP contribution in [0, 0.1) is 6.92 Å². The minimum Gasteiger partial charge on any atom is -0.400 e. The number of hydrogen-bond acceptors (Lipinski definition) is 4. The summed E-state index contributed by atoms with van der Waals surface area (Å²) in [6, 6.07) is 0.413. The number of ether oxygens (including phenoxy) is 1. The van der Waals surface area contributed by atoms with E-state index in [-0.39, 0.29) is 0 Å². The first-order valence-corrected chi connectivity index (χ1v) is 6.26. The van der Waals surface area contributed by atoms with Crippen molar-refractivity contribution >= 4 is 19.7 Å². The Bertz CT molecular complexity index is 592. The molecule has 1 heterocycles. The fraction of sp³-hybridized carbons (Fsp3) is 0.286. The normalized spacial score (nSPS) is 12.5. The van der Waals surface area contributed by atoms with E-state index in [9.17, 15) is 26.4 Å². The second kappa shape index (κ2) is 4.22. The van der Waals surface area contributed by atoms with Crippen LogP contribution < -0.4 is 10.2 Å². The third-order valence-corrected chi connectivity index (χ3v) is 2.86. The van der Waals surface area contributed by atoms with Crippen LogP contribution in [0.4, 0.5) is 13.2 Å². The Balaban J connectivity index is 3.36. The van der Waals surface area contributed by atoms with Gasteiger partial charge in [-0.25, -0.2) is 8.42 Å². The summed E-state index contributed by atoms with van der Waals surface area (Å²) in [7, 11) is 0.699. The lowest BCUT2D eigenvalue weighted by molar-refractivity contribution is -0.275. The minimum absolute atomic E-state index is 0.394. The topological polar surface area (TPSA) is 76.2 Å². The molecule has 0 fully saturated rings. The number of aryl methyl sites for hydroxylation is 1. The zero-order valence-corrected chi connectivity index (χ0v) is 9.70. The van der Waals surface area contributed by atoms with Crippen molar-refractivity contribution in [2.24, 2.45) is 0 Å². The standard InChI is InChI=1S/C7H5ClF3NO4S/c1-3-6(16-7(9,10)11)4(13)2-5(12-3)17(8,14)15/h2H,1H3,(H,12,13). The van der Waals surface area contributed by atoms with Gasteiger partial charge in [0.1, 0.15) is 0 Å². The highest BCUT2D eigenvalue weighted by Crippen LogP contribution is 2.23. The molecular formula is C7H5ClF3NO4S. The van der Waals surface area contributed by atoms with Crippen LogP contribution in [-0.2, 0) is 9.05 Å². The van der Waals surface area contributed by atoms with Crippen molar-refractivity contribution in [1.29, 1.82) is 0 Å². The molecule has 1 rings (SSSR count). The van der Waals surface area contributed by atoms with Gasteiger partial charge >= 0.3 is 6.36 Å². The molecule has 0 saturated heterocycles. The number of aromatic nitrogens is 1. The maximum atomic E-state index is 11.9. The summed E-state index contributed by atoms with van der Waals surface area (Å²) in [4.78, 5) is 13.3. The molecule has 0 atom stereocenters. The number of halogens is 4. The Morgan fingerprint density at radius 3 is 2.29 bits per heavy atom. The van der Waals surface area contributed by atoms with Crippen LogP contribution in [0.3, 0.4) is 0 Å². The second-order valence-corrected chi connectivity index (χ2v) is 5.47. The van der Waals surface area contributed by atoms with Crippen LogP contribution in [0.1, 0.15) is 5.69 Å². The average molecular weight is 292 g/mol. The molecule has 0 radical (unpaired) electrons. The van der Waals surface area contributed by atoms with E-state index < -0.39 is 37.3 Å². The van der Waals surface area contributed by atoms with Gasteiger partial charge in [0, 0.05) is 16.7 Å². The molecular weight excluding hydrogens is 287 g/mol. The molecule has 1 N–H and O–H groups in total. The van der Waals surface area contributed by atoms with Gasteiger partial charge in [-0.15, -0.1) is 13.2 Å². The highest BCUT2D eigenvalue weighted by atomic mass is 35.7. The Kier molecular flexibility index (Phi) is 3.44. The Hall–Kier alpha value is -1.22. The zero-order chi connectivity index (χ0) is 13.4. The van der Waals surface area contributed by atoms with Crippen molar-refractivity contribution in [1.82, 2.24) is 4.98 Å². The van der Waals surface area contributed by atoms with Gasteiger partial charge in [0.15, 0.2) is 10.8 Å². The monoisotopic (exact) mass is 291 g/mol. The van der Waals surface area contributed by atoms with E-state index in [1.807, 2.05) is 4.98 Å². The van der Waals surface area contributed by atoms with Crippen LogP contribution in [0.5, 0.6) is 5.75 Å². The summed E-state index contributed by atoms with van der Waals surface area (Å²) in [5, 5.41) is -0.698. The van der Waals surface area contributed by atoms with Gasteiger partial charge in [-0.05, 0) is 6.92 Å². The number of nitrogens with one attached hydrogen (secondary N) is 1. The van der Waals surface area contributed by atoms with Gasteiger partial charge in [-0.3, -0.25) is 4.79 Å². The lowest BCUT2D eigenvalue weighted by Gasteiger charge is -2.10. The summed E-state index contributed by atoms with van der Waals surface area (Å²) in [5.41, 5.74) is -1.63. The summed E-state index contributed by atoms with van der Waals surface area (Å²) in [5.74, 6) is -1.03. The first kappa shape index (κ1) is 13.8. The van der Waals surface area contributed by atoms with E-state index in [2.05, 4.69) is 4.74 Å². The minimum atomic E-state index is -5.04. The fourth-order valence-electron chi connectivity index (χ4n) is 1.02. The molecule has 10 heteroatoms. The number of alkyl halides is 3. The Labute approximate surface area is 97.6 Å². The SMILES string of the molecule is Cc1[nH]c(S(=O)(=O)Cl)cc(=O)c1OC(F)(F)F. The highest BCUT2D eigenvalue weighted by Gasteiger charge is 2.33. The van der Waals surface area contributed by atoms with E-state index in [0.29, 0.717) is 6.07 Å². The molecule has 0 unspecified atom stereocenters. The maximum absolute atomic E-state index is 11.9. The lowest BCUT2D eigenvalue weighted by Crippen LogP contribution is -2.23. The van der Waals surface area contributed by atoms with Crippen molar-refractivity contribution in [3.05, 3.63) is 22.0 Å². The van der Waals surface area contributed by atoms with Gasteiger partial charge in [-0.1, -0.05) is 0 Å². The van der Waals surface area contributed by atoms with Crippen molar-refractivity contribution in [3.8, 4) is 5.75 Å². The van der Waals surface area contributed by atoms with Gasteiger partial charge in [0.05, 0.1) is 5.69 Å². The van der Waals surface area contributed by atoms with Crippen LogP contribution in [-0.4, -0.2) is 19.8 Å². The molecule has 0 amide bonds. The molecule has 1 aromatic heterocycles. The summed E-state index contributed by atoms with van der Waals surface area (Å²) in [6.45, 7) is 1.05. The van der Waals surface area contributed by atoms with E-state index in [1.165, 1.54) is 0 Å². The van der Waals surface area contributed by atoms with Gasteiger partial charge in [0.2, 0.25) is 5.43 Å². The number of rotatable bonds is 2. The molecule has 5 nitrogen and oxygen atoms in total. The van der Waals surface area contributed by atoms with Crippen molar-refractivity contribution in [2.75, 3.05) is 0 Å². The summed E-state index contributed by atoms with van der Waals surface area (Å²) >= 11 is 0. The molecule has 0 bridgehead atoms. The quantitative estimate of drug-likeness (QED) is 0.838. The molecule has 0 aliphatic heterocycles. The van der Waals surface area contributed by atoms with E-state index in [1.54, 1.807) is 0 Å². The van der Waals surface area contributed by atoms with Crippen LogP contribution >= 0.6 is 10.7 Å². The zero-order valence-electron chi connectivity index (χ0n) is 8.13. The molecule has 17 heavy (non-hydrogen) atoms. The largest absolute Gasteiger partial charge is 0.573 e. The highest BCUT2D eigenvalue weighted by molar-refractivity contribution is 8.13. The molecule has 0 aliphatic rings. The van der Waals surface area contributed by atoms with Crippen molar-refractivity contribution < 1.29 is 26.3 Å². The average Bonchev–Trinajstić information content (AvgIpc) is 2.07. The predicted octanol–water partition coefficient (Wildman–Crippen LogP) is 1.51. The van der Waals surface area contributed by atoms with Crippen molar-refractivity contribution in [2.45, 2.75) is 18.3 Å². The summed E-state index contributed by atoms with van der Waals surface area (Å²) in [6.07, 6.45) is -5.04. The van der Waals surface area contributed by atoms with Gasteiger partial charge < -0.3 is 9.72 Å². The van der Waals surface area contributed by atoms with Gasteiger partial charge in [-0.2, -0.15) is 0 Å². The van der Waals surface area contributed by atoms with E-state index in [4.69, 9.17) is 10.7 Å². The Morgan fingerprint density at radius 1 is 1.41 bits per heavy atom. The van der Waals surface area contributed by atoms with Crippen LogP contribution in [0.2, 0.25) is 0 Å². The third-order valence-electron chi connectivity index (χ3n) is 1.62. The Morgan fingerprint density at radius 2 is 1.94 bits per heavy atom. The fourth-order valence-corrected chi connectivity index (χ4v) is 1.79. The first-order chi connectivity index (χ1) is 7.50. The number of H-pyrrole nitrogens is 1. The first-order valence-electron chi connectivity index (χ1n) is 3.95. The maximum Gasteiger partial charge on any atom is 0.573 e. The third kappa shape index (κ3) is 3.63. The number of pyridine rings is 1. The second-order valence-electron chi connectivity index (χ2n) is 2.94. The lowest BCUT2D eigenvalue weighted by atomic mass is 10.3. The smallest absolute Gasteiger partial charge is 0.400 e. The van der Waals surface area contributed by atoms with E-state index >= 15 is 0 Å². The van der Waals surface area contributed by atoms with Gasteiger partial charge in [0.25, 0.3) is 9.05 Å². The molecule has 0 saturated carbocycles. The number of aromatic amines is 1. The number of hydrogen-bond donors (Lipinski definition) is 1. The summed E-state index contributed by atoms with van der Waals surface area (Å²) < 4.78 is 60.9. The molecule has 1 aromatic rings. The van der Waals surface area contributed by atoms with Crippen molar-refractivity contribution in [3.63, 3.8) is 0 Å². The molecule has 96 valence electrons. The van der Waals surface area contributed by atoms with E-state index in [0.717, 1.165) is 6.92 Å². The molecule has 0 aliphatic carbocycles. The van der Waals surface area contributed by atoms with Crippen LogP contribution in [0.25, 0.3) is 0 Å².